The van der Waals surface area contributed by atoms with Crippen molar-refractivity contribution in [1.29, 1.82) is 0 Å². The van der Waals surface area contributed by atoms with Crippen LogP contribution in [-0.4, -0.2) is 43.0 Å². The summed E-state index contributed by atoms with van der Waals surface area (Å²) in [4.78, 5) is 13.5. The standard InChI is InChI=1S/C9H17NO2/c1-3-9(11)8(2)10-4-6-12-7-5-10/h8H,3-7H2,1-2H3/t8-/m1/s1. The summed E-state index contributed by atoms with van der Waals surface area (Å²) in [6.45, 7) is 7.22. The number of ketones is 1. The van der Waals surface area contributed by atoms with Gasteiger partial charge in [-0.2, -0.15) is 0 Å². The van der Waals surface area contributed by atoms with Gasteiger partial charge in [-0.1, -0.05) is 6.92 Å². The van der Waals surface area contributed by atoms with Crippen LogP contribution >= 0.6 is 0 Å². The Hall–Kier alpha value is -0.410. The fraction of sp³-hybridized carbons (Fsp3) is 0.889. The molecule has 0 spiro atoms. The Morgan fingerprint density at radius 3 is 2.58 bits per heavy atom. The maximum Gasteiger partial charge on any atom is 0.149 e. The van der Waals surface area contributed by atoms with Crippen LogP contribution in [0.25, 0.3) is 0 Å². The van der Waals surface area contributed by atoms with Crippen molar-refractivity contribution in [2.75, 3.05) is 26.3 Å². The number of carbonyl (C=O) groups is 1. The quantitative estimate of drug-likeness (QED) is 0.625. The Morgan fingerprint density at radius 2 is 2.08 bits per heavy atom. The molecule has 0 amide bonds. The summed E-state index contributed by atoms with van der Waals surface area (Å²) in [5.41, 5.74) is 0. The second kappa shape index (κ2) is 4.58. The number of morpholine rings is 1. The van der Waals surface area contributed by atoms with Crippen LogP contribution in [0.15, 0.2) is 0 Å². The zero-order valence-corrected chi connectivity index (χ0v) is 7.88. The van der Waals surface area contributed by atoms with Gasteiger partial charge in [-0.15, -0.1) is 0 Å². The van der Waals surface area contributed by atoms with Crippen LogP contribution in [0.5, 0.6) is 0 Å². The number of Topliss-reactive ketones (excluding diaryl/α,β-unsaturated/α-hetero) is 1. The van der Waals surface area contributed by atoms with Crippen LogP contribution in [0.3, 0.4) is 0 Å². The van der Waals surface area contributed by atoms with E-state index in [2.05, 4.69) is 4.90 Å². The Bertz CT molecular complexity index is 153. The zero-order valence-electron chi connectivity index (χ0n) is 7.88. The van der Waals surface area contributed by atoms with E-state index in [-0.39, 0.29) is 6.04 Å². The van der Waals surface area contributed by atoms with Gasteiger partial charge in [-0.25, -0.2) is 0 Å². The predicted molar refractivity (Wildman–Crippen MR) is 47.2 cm³/mol. The van der Waals surface area contributed by atoms with Crippen molar-refractivity contribution < 1.29 is 9.53 Å². The molecule has 1 saturated heterocycles. The third-order valence-corrected chi connectivity index (χ3v) is 2.41. The van der Waals surface area contributed by atoms with Crippen molar-refractivity contribution in [3.05, 3.63) is 0 Å². The predicted octanol–water partition coefficient (Wildman–Crippen LogP) is 0.686. The molecule has 1 aliphatic heterocycles. The number of hydrogen-bond donors (Lipinski definition) is 0. The minimum Gasteiger partial charge on any atom is -0.379 e. The molecule has 1 atom stereocenters. The minimum absolute atomic E-state index is 0.0823. The first-order chi connectivity index (χ1) is 5.75. The molecule has 1 rings (SSSR count). The van der Waals surface area contributed by atoms with Gasteiger partial charge < -0.3 is 4.74 Å². The molecule has 0 aromatic heterocycles. The summed E-state index contributed by atoms with van der Waals surface area (Å²) in [6.07, 6.45) is 0.637. The molecule has 1 fully saturated rings. The smallest absolute Gasteiger partial charge is 0.149 e. The molecule has 0 aromatic rings. The minimum atomic E-state index is 0.0823. The molecule has 12 heavy (non-hydrogen) atoms. The first-order valence-electron chi connectivity index (χ1n) is 4.60. The van der Waals surface area contributed by atoms with E-state index in [0.29, 0.717) is 12.2 Å². The molecule has 0 aliphatic carbocycles. The van der Waals surface area contributed by atoms with Gasteiger partial charge in [0.05, 0.1) is 19.3 Å². The Kier molecular flexibility index (Phi) is 3.69. The molecule has 0 unspecified atom stereocenters. The molecule has 0 radical (unpaired) electrons. The van der Waals surface area contributed by atoms with Gasteiger partial charge in [0.25, 0.3) is 0 Å². The lowest BCUT2D eigenvalue weighted by Crippen LogP contribution is -2.45. The zero-order chi connectivity index (χ0) is 8.97. The molecule has 0 N–H and O–H groups in total. The third kappa shape index (κ3) is 2.29. The lowest BCUT2D eigenvalue weighted by atomic mass is 10.1. The molecule has 1 heterocycles. The van der Waals surface area contributed by atoms with Gasteiger partial charge in [0.2, 0.25) is 0 Å². The van der Waals surface area contributed by atoms with Crippen LogP contribution in [0.4, 0.5) is 0 Å². The van der Waals surface area contributed by atoms with Gasteiger partial charge in [0.1, 0.15) is 5.78 Å². The van der Waals surface area contributed by atoms with Crippen LogP contribution in [0.2, 0.25) is 0 Å². The van der Waals surface area contributed by atoms with Gasteiger partial charge in [-0.3, -0.25) is 9.69 Å². The van der Waals surface area contributed by atoms with Gasteiger partial charge >= 0.3 is 0 Å². The first kappa shape index (κ1) is 9.68. The molecule has 3 nitrogen and oxygen atoms in total. The van der Waals surface area contributed by atoms with Crippen molar-refractivity contribution >= 4 is 5.78 Å². The summed E-state index contributed by atoms with van der Waals surface area (Å²) in [5, 5.41) is 0. The molecule has 1 aliphatic rings. The highest BCUT2D eigenvalue weighted by molar-refractivity contribution is 5.83. The number of nitrogens with zero attached hydrogens (tertiary/aromatic N) is 1. The Labute approximate surface area is 73.7 Å². The molecular formula is C9H17NO2. The number of hydrogen-bond acceptors (Lipinski definition) is 3. The first-order valence-corrected chi connectivity index (χ1v) is 4.60. The summed E-state index contributed by atoms with van der Waals surface area (Å²) >= 11 is 0. The molecule has 0 aromatic carbocycles. The number of rotatable bonds is 3. The van der Waals surface area contributed by atoms with Crippen LogP contribution < -0.4 is 0 Å². The highest BCUT2D eigenvalue weighted by Gasteiger charge is 2.21. The van der Waals surface area contributed by atoms with Crippen molar-refractivity contribution in [3.8, 4) is 0 Å². The maximum absolute atomic E-state index is 11.3. The average Bonchev–Trinajstić information content (AvgIpc) is 2.17. The highest BCUT2D eigenvalue weighted by atomic mass is 16.5. The molecular weight excluding hydrogens is 154 g/mol. The summed E-state index contributed by atoms with van der Waals surface area (Å²) < 4.78 is 5.21. The van der Waals surface area contributed by atoms with Gasteiger partial charge in [0, 0.05) is 19.5 Å². The SMILES string of the molecule is CCC(=O)[C@@H](C)N1CCOCC1. The van der Waals surface area contributed by atoms with Gasteiger partial charge in [0.15, 0.2) is 0 Å². The van der Waals surface area contributed by atoms with E-state index in [1.165, 1.54) is 0 Å². The lowest BCUT2D eigenvalue weighted by molar-refractivity contribution is -0.125. The number of carbonyl (C=O) groups excluding carboxylic acids is 1. The van der Waals surface area contributed by atoms with Crippen LogP contribution in [0, 0.1) is 0 Å². The number of ether oxygens (including phenoxy) is 1. The second-order valence-electron chi connectivity index (χ2n) is 3.14. The van der Waals surface area contributed by atoms with E-state index < -0.39 is 0 Å². The normalized spacial score (nSPS) is 22.2. The topological polar surface area (TPSA) is 29.5 Å². The lowest BCUT2D eigenvalue weighted by Gasteiger charge is -2.31. The van der Waals surface area contributed by atoms with E-state index in [4.69, 9.17) is 4.74 Å². The van der Waals surface area contributed by atoms with Crippen molar-refractivity contribution in [2.24, 2.45) is 0 Å². The molecule has 0 bridgehead atoms. The Balaban J connectivity index is 2.39. The fourth-order valence-corrected chi connectivity index (χ4v) is 1.46. The van der Waals surface area contributed by atoms with Crippen molar-refractivity contribution in [2.45, 2.75) is 26.3 Å². The Morgan fingerprint density at radius 1 is 1.50 bits per heavy atom. The van der Waals surface area contributed by atoms with Crippen molar-refractivity contribution in [1.82, 2.24) is 4.90 Å². The highest BCUT2D eigenvalue weighted by Crippen LogP contribution is 2.05. The summed E-state index contributed by atoms with van der Waals surface area (Å²) in [5.74, 6) is 0.330. The van der Waals surface area contributed by atoms with E-state index in [1.807, 2.05) is 13.8 Å². The van der Waals surface area contributed by atoms with E-state index in [0.717, 1.165) is 26.3 Å². The second-order valence-corrected chi connectivity index (χ2v) is 3.14. The summed E-state index contributed by atoms with van der Waals surface area (Å²) in [7, 11) is 0. The average molecular weight is 171 g/mol. The van der Waals surface area contributed by atoms with E-state index in [9.17, 15) is 4.79 Å². The van der Waals surface area contributed by atoms with Crippen LogP contribution in [0.1, 0.15) is 20.3 Å². The van der Waals surface area contributed by atoms with Crippen LogP contribution in [-0.2, 0) is 9.53 Å². The third-order valence-electron chi connectivity index (χ3n) is 2.41. The molecule has 0 saturated carbocycles. The van der Waals surface area contributed by atoms with Gasteiger partial charge in [-0.05, 0) is 6.92 Å². The monoisotopic (exact) mass is 171 g/mol. The fourth-order valence-electron chi connectivity index (χ4n) is 1.46. The maximum atomic E-state index is 11.3. The van der Waals surface area contributed by atoms with E-state index >= 15 is 0 Å². The molecule has 3 heteroatoms. The van der Waals surface area contributed by atoms with E-state index in [1.54, 1.807) is 0 Å². The largest absolute Gasteiger partial charge is 0.379 e. The summed E-state index contributed by atoms with van der Waals surface area (Å²) in [6, 6.07) is 0.0823. The molecule has 70 valence electrons. The van der Waals surface area contributed by atoms with Crippen molar-refractivity contribution in [3.63, 3.8) is 0 Å².